The second-order valence-corrected chi connectivity index (χ2v) is 4.10. The maximum atomic E-state index is 5.60. The minimum Gasteiger partial charge on any atom is -0.497 e. The number of nitrogens with zero attached hydrogens (tertiary/aromatic N) is 2. The van der Waals surface area contributed by atoms with Crippen LogP contribution < -0.4 is 10.5 Å². The Labute approximate surface area is 105 Å². The minimum absolute atomic E-state index is 0.426. The van der Waals surface area contributed by atoms with Crippen LogP contribution in [0.15, 0.2) is 47.1 Å². The third kappa shape index (κ3) is 5.21. The van der Waals surface area contributed by atoms with E-state index in [0.29, 0.717) is 5.17 Å². The Kier molecular flexibility index (Phi) is 5.88. The summed E-state index contributed by atoms with van der Waals surface area (Å²) in [6.07, 6.45) is 3.40. The van der Waals surface area contributed by atoms with E-state index in [1.165, 1.54) is 11.8 Å². The molecule has 1 aromatic rings. The second-order valence-electron chi connectivity index (χ2n) is 3.06. The van der Waals surface area contributed by atoms with Crippen molar-refractivity contribution in [2.24, 2.45) is 15.9 Å². The fraction of sp³-hybridized carbons (Fsp3) is 0.167. The van der Waals surface area contributed by atoms with Gasteiger partial charge in [-0.25, -0.2) is 0 Å². The van der Waals surface area contributed by atoms with Crippen molar-refractivity contribution in [2.45, 2.75) is 0 Å². The number of hydrogen-bond acceptors (Lipinski definition) is 4. The Morgan fingerprint density at radius 1 is 1.47 bits per heavy atom. The summed E-state index contributed by atoms with van der Waals surface area (Å²) in [5, 5.41) is 8.16. The zero-order valence-electron chi connectivity index (χ0n) is 9.67. The van der Waals surface area contributed by atoms with E-state index in [1.54, 1.807) is 19.4 Å². The average molecular weight is 249 g/mol. The molecular weight excluding hydrogens is 234 g/mol. The van der Waals surface area contributed by atoms with Crippen LogP contribution in [0.2, 0.25) is 0 Å². The number of rotatable bonds is 5. The normalized spacial score (nSPS) is 11.7. The molecule has 0 saturated heterocycles. The average Bonchev–Trinajstić information content (AvgIpc) is 2.37. The van der Waals surface area contributed by atoms with Gasteiger partial charge in [-0.3, -0.25) is 0 Å². The molecule has 0 aliphatic heterocycles. The van der Waals surface area contributed by atoms with E-state index in [-0.39, 0.29) is 0 Å². The fourth-order valence-corrected chi connectivity index (χ4v) is 1.41. The highest BCUT2D eigenvalue weighted by Crippen LogP contribution is 2.09. The van der Waals surface area contributed by atoms with Crippen LogP contribution in [-0.2, 0) is 0 Å². The quantitative estimate of drug-likeness (QED) is 0.377. The Bertz CT molecular complexity index is 412. The number of nitrogens with two attached hydrogens (primary N) is 1. The molecule has 2 N–H and O–H groups in total. The van der Waals surface area contributed by atoms with Gasteiger partial charge in [-0.15, -0.1) is 11.7 Å². The van der Waals surface area contributed by atoms with Gasteiger partial charge >= 0.3 is 0 Å². The first-order chi connectivity index (χ1) is 8.26. The lowest BCUT2D eigenvalue weighted by Gasteiger charge is -1.98. The maximum absolute atomic E-state index is 5.60. The summed E-state index contributed by atoms with van der Waals surface area (Å²) in [7, 11) is 1.63. The predicted molar refractivity (Wildman–Crippen MR) is 74.9 cm³/mol. The van der Waals surface area contributed by atoms with Gasteiger partial charge in [0, 0.05) is 5.75 Å². The van der Waals surface area contributed by atoms with Crippen LogP contribution in [0.5, 0.6) is 5.75 Å². The molecule has 0 heterocycles. The first-order valence-corrected chi connectivity index (χ1v) is 5.99. The predicted octanol–water partition coefficient (Wildman–Crippen LogP) is 2.26. The number of amidine groups is 1. The number of methoxy groups -OCH3 is 1. The van der Waals surface area contributed by atoms with E-state index >= 15 is 0 Å². The van der Waals surface area contributed by atoms with Crippen molar-refractivity contribution in [1.29, 1.82) is 0 Å². The molecule has 90 valence electrons. The van der Waals surface area contributed by atoms with Gasteiger partial charge in [0.2, 0.25) is 0 Å². The van der Waals surface area contributed by atoms with Crippen molar-refractivity contribution in [3.05, 3.63) is 42.5 Å². The highest BCUT2D eigenvalue weighted by molar-refractivity contribution is 8.13. The van der Waals surface area contributed by atoms with E-state index in [9.17, 15) is 0 Å². The number of hydrogen-bond donors (Lipinski definition) is 1. The molecular formula is C12H15N3OS. The third-order valence-corrected chi connectivity index (χ3v) is 2.61. The van der Waals surface area contributed by atoms with Gasteiger partial charge in [0.05, 0.1) is 13.3 Å². The monoisotopic (exact) mass is 249 g/mol. The molecule has 1 rings (SSSR count). The number of thioether (sulfide) groups is 1. The summed E-state index contributed by atoms with van der Waals surface area (Å²) in [5.41, 5.74) is 6.54. The number of ether oxygens (including phenoxy) is 1. The van der Waals surface area contributed by atoms with Crippen LogP contribution in [0.1, 0.15) is 5.56 Å². The van der Waals surface area contributed by atoms with Gasteiger partial charge in [-0.05, 0) is 29.8 Å². The van der Waals surface area contributed by atoms with Crippen molar-refractivity contribution < 1.29 is 4.74 Å². The summed E-state index contributed by atoms with van der Waals surface area (Å²) in [6.45, 7) is 3.60. The Morgan fingerprint density at radius 3 is 2.76 bits per heavy atom. The van der Waals surface area contributed by atoms with Crippen LogP contribution in [-0.4, -0.2) is 24.2 Å². The molecule has 1 aromatic carbocycles. The minimum atomic E-state index is 0.426. The van der Waals surface area contributed by atoms with Gasteiger partial charge < -0.3 is 10.5 Å². The van der Waals surface area contributed by atoms with Gasteiger partial charge in [0.1, 0.15) is 5.75 Å². The number of benzene rings is 1. The van der Waals surface area contributed by atoms with Crippen LogP contribution in [0.25, 0.3) is 0 Å². The summed E-state index contributed by atoms with van der Waals surface area (Å²) in [4.78, 5) is 0. The molecule has 0 aliphatic carbocycles. The lowest BCUT2D eigenvalue weighted by Crippen LogP contribution is -2.05. The summed E-state index contributed by atoms with van der Waals surface area (Å²) in [6, 6.07) is 7.51. The fourth-order valence-electron chi connectivity index (χ4n) is 1.02. The van der Waals surface area contributed by atoms with Gasteiger partial charge in [-0.2, -0.15) is 5.10 Å². The molecule has 0 aromatic heterocycles. The summed E-state index contributed by atoms with van der Waals surface area (Å²) >= 11 is 1.39. The van der Waals surface area contributed by atoms with Crippen molar-refractivity contribution in [3.63, 3.8) is 0 Å². The Balaban J connectivity index is 2.54. The van der Waals surface area contributed by atoms with Gasteiger partial charge in [0.25, 0.3) is 0 Å². The van der Waals surface area contributed by atoms with E-state index in [4.69, 9.17) is 10.5 Å². The second kappa shape index (κ2) is 7.51. The first kappa shape index (κ1) is 13.3. The van der Waals surface area contributed by atoms with Gasteiger partial charge in [0.15, 0.2) is 5.17 Å². The van der Waals surface area contributed by atoms with Crippen LogP contribution in [0.3, 0.4) is 0 Å². The molecule has 0 radical (unpaired) electrons. The lowest BCUT2D eigenvalue weighted by atomic mass is 10.2. The van der Waals surface area contributed by atoms with Crippen LogP contribution >= 0.6 is 11.8 Å². The molecule has 0 spiro atoms. The zero-order valence-corrected chi connectivity index (χ0v) is 10.5. The van der Waals surface area contributed by atoms with E-state index in [2.05, 4.69) is 16.8 Å². The molecule has 0 amide bonds. The Hall–Kier alpha value is -1.75. The molecule has 17 heavy (non-hydrogen) atoms. The molecule has 0 aliphatic rings. The highest BCUT2D eigenvalue weighted by atomic mass is 32.2. The highest BCUT2D eigenvalue weighted by Gasteiger charge is 1.91. The van der Waals surface area contributed by atoms with Crippen molar-refractivity contribution in [1.82, 2.24) is 0 Å². The molecule has 0 unspecified atom stereocenters. The van der Waals surface area contributed by atoms with Crippen LogP contribution in [0, 0.1) is 0 Å². The van der Waals surface area contributed by atoms with Crippen molar-refractivity contribution in [3.8, 4) is 5.75 Å². The van der Waals surface area contributed by atoms with Crippen molar-refractivity contribution >= 4 is 23.1 Å². The smallest absolute Gasteiger partial charge is 0.180 e. The van der Waals surface area contributed by atoms with E-state index in [0.717, 1.165) is 17.1 Å². The Morgan fingerprint density at radius 2 is 2.18 bits per heavy atom. The topological polar surface area (TPSA) is 60.0 Å². The molecule has 0 atom stereocenters. The zero-order chi connectivity index (χ0) is 12.5. The van der Waals surface area contributed by atoms with Crippen molar-refractivity contribution in [2.75, 3.05) is 12.9 Å². The maximum Gasteiger partial charge on any atom is 0.180 e. The van der Waals surface area contributed by atoms with E-state index in [1.807, 2.05) is 24.3 Å². The van der Waals surface area contributed by atoms with Gasteiger partial charge in [-0.1, -0.05) is 17.8 Å². The molecule has 0 bridgehead atoms. The third-order valence-electron chi connectivity index (χ3n) is 1.83. The molecule has 0 fully saturated rings. The largest absolute Gasteiger partial charge is 0.497 e. The summed E-state index contributed by atoms with van der Waals surface area (Å²) in [5.74, 6) is 1.54. The van der Waals surface area contributed by atoms with Crippen LogP contribution in [0.4, 0.5) is 0 Å². The lowest BCUT2D eigenvalue weighted by molar-refractivity contribution is 0.415. The standard InChI is InChI=1S/C12H15N3OS/c1-3-8-17-12(13)15-14-9-10-4-6-11(16-2)7-5-10/h3-7,9H,1,8H2,2H3,(H2,13,15)/b14-9+. The van der Waals surface area contributed by atoms with E-state index < -0.39 is 0 Å². The molecule has 5 heteroatoms. The molecule has 0 saturated carbocycles. The first-order valence-electron chi connectivity index (χ1n) is 5.00. The SMILES string of the molecule is C=CCS/C(N)=N/N=C/c1ccc(OC)cc1. The summed E-state index contributed by atoms with van der Waals surface area (Å²) < 4.78 is 5.05. The molecule has 4 nitrogen and oxygen atoms in total.